The molecule has 0 aromatic heterocycles. The quantitative estimate of drug-likeness (QED) is 0.327. The third kappa shape index (κ3) is 4.29. The molecule has 3 aromatic carbocycles. The molecule has 3 aromatic rings. The zero-order valence-electron chi connectivity index (χ0n) is 14.1. The van der Waals surface area contributed by atoms with Crippen LogP contribution in [0.1, 0.15) is 15.9 Å². The maximum absolute atomic E-state index is 12.6. The van der Waals surface area contributed by atoms with E-state index in [1.807, 2.05) is 72.8 Å². The van der Waals surface area contributed by atoms with Crippen LogP contribution in [0, 0.1) is 3.57 Å². The highest BCUT2D eigenvalue weighted by Crippen LogP contribution is 2.28. The van der Waals surface area contributed by atoms with Crippen LogP contribution in [0.5, 0.6) is 0 Å². The number of oxime groups is 1. The number of rotatable bonds is 5. The second-order valence-corrected chi connectivity index (χ2v) is 6.68. The molecule has 5 heteroatoms. The summed E-state index contributed by atoms with van der Waals surface area (Å²) < 4.78 is 0.918. The van der Waals surface area contributed by atoms with Crippen LogP contribution in [0.15, 0.2) is 78.0 Å². The Labute approximate surface area is 166 Å². The Hall–Kier alpha value is -2.67. The lowest BCUT2D eigenvalue weighted by atomic mass is 10.0. The molecule has 0 radical (unpaired) electrons. The van der Waals surface area contributed by atoms with Gasteiger partial charge in [0.15, 0.2) is 0 Å². The Morgan fingerprint density at radius 3 is 2.42 bits per heavy atom. The van der Waals surface area contributed by atoms with Gasteiger partial charge in [-0.3, -0.25) is 4.79 Å². The van der Waals surface area contributed by atoms with Crippen molar-refractivity contribution in [2.45, 2.75) is 0 Å². The second kappa shape index (κ2) is 8.62. The molecule has 130 valence electrons. The average Bonchev–Trinajstić information content (AvgIpc) is 2.67. The van der Waals surface area contributed by atoms with E-state index in [2.05, 4.69) is 33.1 Å². The first-order chi connectivity index (χ1) is 12.7. The van der Waals surface area contributed by atoms with Crippen molar-refractivity contribution < 1.29 is 9.63 Å². The van der Waals surface area contributed by atoms with E-state index in [9.17, 15) is 4.79 Å². The highest BCUT2D eigenvalue weighted by Gasteiger charge is 2.12. The smallest absolute Gasteiger partial charge is 0.256 e. The molecule has 4 nitrogen and oxygen atoms in total. The van der Waals surface area contributed by atoms with Crippen molar-refractivity contribution in [1.29, 1.82) is 0 Å². The maximum atomic E-state index is 12.6. The molecule has 0 aliphatic heterocycles. The monoisotopic (exact) mass is 456 g/mol. The summed E-state index contributed by atoms with van der Waals surface area (Å²) in [6.45, 7) is 0. The Balaban J connectivity index is 1.88. The second-order valence-electron chi connectivity index (χ2n) is 5.52. The van der Waals surface area contributed by atoms with Crippen molar-refractivity contribution in [3.05, 3.63) is 87.5 Å². The number of hydrogen-bond acceptors (Lipinski definition) is 3. The zero-order valence-corrected chi connectivity index (χ0v) is 16.3. The summed E-state index contributed by atoms with van der Waals surface area (Å²) in [5.41, 5.74) is 4.35. The molecule has 0 heterocycles. The number of carbonyl (C=O) groups is 1. The van der Waals surface area contributed by atoms with Gasteiger partial charge in [0.25, 0.3) is 5.91 Å². The van der Waals surface area contributed by atoms with Gasteiger partial charge in [0.2, 0.25) is 0 Å². The third-order valence-electron chi connectivity index (χ3n) is 3.82. The van der Waals surface area contributed by atoms with E-state index in [0.29, 0.717) is 5.56 Å². The van der Waals surface area contributed by atoms with Gasteiger partial charge < -0.3 is 10.2 Å². The number of nitrogens with zero attached hydrogens (tertiary/aromatic N) is 1. The lowest BCUT2D eigenvalue weighted by Gasteiger charge is -2.12. The molecular formula is C21H17IN2O2. The molecule has 1 N–H and O–H groups in total. The van der Waals surface area contributed by atoms with Gasteiger partial charge in [-0.05, 0) is 51.9 Å². The van der Waals surface area contributed by atoms with Crippen molar-refractivity contribution in [2.24, 2.45) is 5.16 Å². The van der Waals surface area contributed by atoms with Gasteiger partial charge in [0.1, 0.15) is 7.11 Å². The van der Waals surface area contributed by atoms with E-state index in [-0.39, 0.29) is 5.91 Å². The minimum atomic E-state index is -0.119. The SMILES string of the molecule is CON=Cc1ccc(-c2ccccc2NC(=O)c2ccccc2I)cc1. The fourth-order valence-electron chi connectivity index (χ4n) is 2.54. The first-order valence-electron chi connectivity index (χ1n) is 8.01. The lowest BCUT2D eigenvalue weighted by Crippen LogP contribution is -2.13. The fraction of sp³-hybridized carbons (Fsp3) is 0.0476. The Morgan fingerprint density at radius 2 is 1.69 bits per heavy atom. The highest BCUT2D eigenvalue weighted by molar-refractivity contribution is 14.1. The molecule has 0 unspecified atom stereocenters. The number of halogens is 1. The lowest BCUT2D eigenvalue weighted by molar-refractivity contribution is 0.102. The number of anilines is 1. The first-order valence-corrected chi connectivity index (χ1v) is 9.09. The van der Waals surface area contributed by atoms with Crippen LogP contribution in [0.25, 0.3) is 11.1 Å². The van der Waals surface area contributed by atoms with E-state index in [0.717, 1.165) is 25.9 Å². The maximum Gasteiger partial charge on any atom is 0.256 e. The molecule has 1 amide bonds. The summed E-state index contributed by atoms with van der Waals surface area (Å²) in [7, 11) is 1.51. The Bertz CT molecular complexity index is 937. The Kier molecular flexibility index (Phi) is 6.01. The van der Waals surface area contributed by atoms with Gasteiger partial charge in [-0.1, -0.05) is 59.8 Å². The number of nitrogens with one attached hydrogen (secondary N) is 1. The van der Waals surface area contributed by atoms with Crippen molar-refractivity contribution >= 4 is 40.4 Å². The largest absolute Gasteiger partial charge is 0.399 e. The predicted octanol–water partition coefficient (Wildman–Crippen LogP) is 5.19. The van der Waals surface area contributed by atoms with Crippen LogP contribution in [0.4, 0.5) is 5.69 Å². The molecule has 0 saturated heterocycles. The molecule has 3 rings (SSSR count). The van der Waals surface area contributed by atoms with Crippen LogP contribution >= 0.6 is 22.6 Å². The van der Waals surface area contributed by atoms with Gasteiger partial charge in [-0.25, -0.2) is 0 Å². The van der Waals surface area contributed by atoms with E-state index >= 15 is 0 Å². The van der Waals surface area contributed by atoms with E-state index in [4.69, 9.17) is 4.84 Å². The fourth-order valence-corrected chi connectivity index (χ4v) is 3.17. The van der Waals surface area contributed by atoms with Gasteiger partial charge in [-0.2, -0.15) is 0 Å². The number of amides is 1. The number of hydrogen-bond donors (Lipinski definition) is 1. The van der Waals surface area contributed by atoms with Crippen LogP contribution in [-0.2, 0) is 4.84 Å². The van der Waals surface area contributed by atoms with E-state index in [1.165, 1.54) is 7.11 Å². The first kappa shape index (κ1) is 18.1. The zero-order chi connectivity index (χ0) is 18.4. The molecule has 0 bridgehead atoms. The number of para-hydroxylation sites is 1. The third-order valence-corrected chi connectivity index (χ3v) is 4.76. The molecular weight excluding hydrogens is 439 g/mol. The standard InChI is InChI=1S/C21H17IN2O2/c1-26-23-14-15-10-12-16(13-11-15)17-6-3-5-9-20(17)24-21(25)18-7-2-4-8-19(18)22/h2-14H,1H3,(H,24,25). The summed E-state index contributed by atoms with van der Waals surface area (Å²) in [4.78, 5) is 17.3. The van der Waals surface area contributed by atoms with E-state index < -0.39 is 0 Å². The molecule has 0 aliphatic rings. The van der Waals surface area contributed by atoms with Gasteiger partial charge in [0, 0.05) is 14.8 Å². The normalized spacial score (nSPS) is 10.7. The molecule has 0 fully saturated rings. The van der Waals surface area contributed by atoms with Crippen LogP contribution < -0.4 is 5.32 Å². The summed E-state index contributed by atoms with van der Waals surface area (Å²) in [6.07, 6.45) is 1.65. The van der Waals surface area contributed by atoms with Gasteiger partial charge in [-0.15, -0.1) is 0 Å². The number of carbonyl (C=O) groups excluding carboxylic acids is 1. The molecule has 0 atom stereocenters. The van der Waals surface area contributed by atoms with Crippen LogP contribution in [0.2, 0.25) is 0 Å². The molecule has 0 aliphatic carbocycles. The molecule has 26 heavy (non-hydrogen) atoms. The van der Waals surface area contributed by atoms with Crippen molar-refractivity contribution in [1.82, 2.24) is 0 Å². The van der Waals surface area contributed by atoms with Crippen LogP contribution in [-0.4, -0.2) is 19.2 Å². The van der Waals surface area contributed by atoms with Crippen molar-refractivity contribution in [3.8, 4) is 11.1 Å². The van der Waals surface area contributed by atoms with E-state index in [1.54, 1.807) is 6.21 Å². The predicted molar refractivity (Wildman–Crippen MR) is 114 cm³/mol. The van der Waals surface area contributed by atoms with Crippen LogP contribution in [0.3, 0.4) is 0 Å². The van der Waals surface area contributed by atoms with Crippen molar-refractivity contribution in [3.63, 3.8) is 0 Å². The van der Waals surface area contributed by atoms with Gasteiger partial charge >= 0.3 is 0 Å². The molecule has 0 spiro atoms. The van der Waals surface area contributed by atoms with Crippen molar-refractivity contribution in [2.75, 3.05) is 12.4 Å². The van der Waals surface area contributed by atoms with Gasteiger partial charge in [0.05, 0.1) is 11.8 Å². The summed E-state index contributed by atoms with van der Waals surface area (Å²) in [6, 6.07) is 23.2. The summed E-state index contributed by atoms with van der Waals surface area (Å²) in [5.74, 6) is -0.119. The topological polar surface area (TPSA) is 50.7 Å². The highest BCUT2D eigenvalue weighted by atomic mass is 127. The average molecular weight is 456 g/mol. The minimum absolute atomic E-state index is 0.119. The number of benzene rings is 3. The summed E-state index contributed by atoms with van der Waals surface area (Å²) >= 11 is 2.17. The Morgan fingerprint density at radius 1 is 1.00 bits per heavy atom. The minimum Gasteiger partial charge on any atom is -0.399 e. The summed E-state index contributed by atoms with van der Waals surface area (Å²) in [5, 5.41) is 6.79. The molecule has 0 saturated carbocycles.